The lowest BCUT2D eigenvalue weighted by Crippen LogP contribution is -2.55. The summed E-state index contributed by atoms with van der Waals surface area (Å²) in [5, 5.41) is 0. The Morgan fingerprint density at radius 2 is 1.36 bits per heavy atom. The first-order chi connectivity index (χ1) is 6.30. The summed E-state index contributed by atoms with van der Waals surface area (Å²) in [7, 11) is 12.2. The first-order valence-electron chi connectivity index (χ1n) is 4.94. The molecule has 0 saturated heterocycles. The highest BCUT2D eigenvalue weighted by atomic mass is 16.5. The van der Waals surface area contributed by atoms with Crippen LogP contribution in [0.25, 0.3) is 0 Å². The number of hydrogen-bond donors (Lipinski definition) is 0. The van der Waals surface area contributed by atoms with Crippen molar-refractivity contribution in [2.24, 2.45) is 0 Å². The lowest BCUT2D eigenvalue weighted by atomic mass is 10.4. The van der Waals surface area contributed by atoms with Gasteiger partial charge in [0.25, 0.3) is 0 Å². The molecule has 0 unspecified atom stereocenters. The van der Waals surface area contributed by atoms with Gasteiger partial charge in [-0.25, -0.2) is 0 Å². The van der Waals surface area contributed by atoms with Crippen molar-refractivity contribution in [3.63, 3.8) is 0 Å². The van der Waals surface area contributed by atoms with Crippen LogP contribution in [0, 0.1) is 0 Å². The van der Waals surface area contributed by atoms with Crippen molar-refractivity contribution in [2.75, 3.05) is 55.4 Å². The molecule has 0 N–H and O–H groups in total. The zero-order valence-corrected chi connectivity index (χ0v) is 10.7. The van der Waals surface area contributed by atoms with Crippen molar-refractivity contribution in [1.82, 2.24) is 14.7 Å². The highest BCUT2D eigenvalue weighted by molar-refractivity contribution is 4.68. The Morgan fingerprint density at radius 3 is 1.64 bits per heavy atom. The molecular weight excluding hydrogens is 178 g/mol. The van der Waals surface area contributed by atoms with E-state index in [2.05, 4.69) is 21.6 Å². The first kappa shape index (κ1) is 13.8. The quantitative estimate of drug-likeness (QED) is 0.580. The van der Waals surface area contributed by atoms with Crippen LogP contribution >= 0.6 is 0 Å². The van der Waals surface area contributed by atoms with Crippen LogP contribution in [0.5, 0.6) is 0 Å². The van der Waals surface area contributed by atoms with Crippen LogP contribution in [-0.4, -0.2) is 76.0 Å². The molecule has 0 aromatic carbocycles. The van der Waals surface area contributed by atoms with E-state index in [0.29, 0.717) is 0 Å². The van der Waals surface area contributed by atoms with E-state index in [0.717, 1.165) is 13.2 Å². The zero-order valence-electron chi connectivity index (χ0n) is 10.7. The zero-order chi connectivity index (χ0) is 11.4. The minimum Gasteiger partial charge on any atom is -0.346 e. The molecule has 14 heavy (non-hydrogen) atoms. The first-order valence-corrected chi connectivity index (χ1v) is 4.94. The molecule has 0 heterocycles. The molecule has 0 atom stereocenters. The normalized spacial score (nSPS) is 13.3. The average molecular weight is 203 g/mol. The minimum absolute atomic E-state index is 0.323. The van der Waals surface area contributed by atoms with Crippen molar-refractivity contribution in [2.45, 2.75) is 12.8 Å². The molecule has 0 amide bonds. The molecule has 0 spiro atoms. The fourth-order valence-corrected chi connectivity index (χ4v) is 1.08. The van der Waals surface area contributed by atoms with Gasteiger partial charge < -0.3 is 9.64 Å². The Bertz CT molecular complexity index is 149. The Balaban J connectivity index is 4.11. The third-order valence-corrected chi connectivity index (χ3v) is 2.57. The van der Waals surface area contributed by atoms with Crippen LogP contribution < -0.4 is 0 Å². The number of rotatable bonds is 6. The van der Waals surface area contributed by atoms with Crippen molar-refractivity contribution >= 4 is 0 Å². The van der Waals surface area contributed by atoms with E-state index >= 15 is 0 Å². The van der Waals surface area contributed by atoms with Gasteiger partial charge in [-0.05, 0) is 49.2 Å². The number of ether oxygens (including phenoxy) is 1. The molecule has 4 nitrogen and oxygen atoms in total. The van der Waals surface area contributed by atoms with E-state index in [1.807, 2.05) is 42.3 Å². The number of likely N-dealkylation sites (N-methyl/N-ethyl adjacent to an activating group) is 1. The Morgan fingerprint density at radius 1 is 0.929 bits per heavy atom. The molecule has 0 aliphatic heterocycles. The van der Waals surface area contributed by atoms with E-state index in [-0.39, 0.29) is 5.85 Å². The fraction of sp³-hybridized carbons (Fsp3) is 1.00. The maximum Gasteiger partial charge on any atom is 0.175 e. The second-order valence-corrected chi connectivity index (χ2v) is 4.37. The monoisotopic (exact) mass is 203 g/mol. The Kier molecular flexibility index (Phi) is 5.59. The average Bonchev–Trinajstić information content (AvgIpc) is 2.02. The van der Waals surface area contributed by atoms with Crippen molar-refractivity contribution in [1.29, 1.82) is 0 Å². The largest absolute Gasteiger partial charge is 0.346 e. The summed E-state index contributed by atoms with van der Waals surface area (Å²) in [5.74, 6) is -0.323. The van der Waals surface area contributed by atoms with Crippen LogP contribution in [0.15, 0.2) is 0 Å². The lowest BCUT2D eigenvalue weighted by molar-refractivity contribution is -0.208. The summed E-state index contributed by atoms with van der Waals surface area (Å²) < 4.78 is 5.87. The lowest BCUT2D eigenvalue weighted by Gasteiger charge is -2.41. The van der Waals surface area contributed by atoms with Crippen LogP contribution in [-0.2, 0) is 4.74 Å². The predicted molar refractivity (Wildman–Crippen MR) is 60.3 cm³/mol. The summed E-state index contributed by atoms with van der Waals surface area (Å²) in [5.41, 5.74) is 0. The van der Waals surface area contributed by atoms with Crippen LogP contribution in [0.3, 0.4) is 0 Å². The molecular formula is C10H25N3O. The van der Waals surface area contributed by atoms with Gasteiger partial charge in [0.1, 0.15) is 0 Å². The van der Waals surface area contributed by atoms with Gasteiger partial charge in [-0.15, -0.1) is 0 Å². The minimum atomic E-state index is -0.323. The number of hydrogen-bond acceptors (Lipinski definition) is 4. The van der Waals surface area contributed by atoms with Crippen molar-refractivity contribution < 1.29 is 4.74 Å². The molecule has 86 valence electrons. The van der Waals surface area contributed by atoms with E-state index in [9.17, 15) is 0 Å². The molecule has 0 bridgehead atoms. The highest BCUT2D eigenvalue weighted by Gasteiger charge is 2.30. The Labute approximate surface area is 88.4 Å². The van der Waals surface area contributed by atoms with E-state index in [4.69, 9.17) is 4.74 Å². The van der Waals surface area contributed by atoms with Crippen LogP contribution in [0.2, 0.25) is 0 Å². The van der Waals surface area contributed by atoms with Crippen molar-refractivity contribution in [3.05, 3.63) is 0 Å². The van der Waals surface area contributed by atoms with E-state index in [1.165, 1.54) is 0 Å². The maximum absolute atomic E-state index is 5.87. The van der Waals surface area contributed by atoms with Gasteiger partial charge in [0.05, 0.1) is 6.61 Å². The second kappa shape index (κ2) is 5.66. The summed E-state index contributed by atoms with van der Waals surface area (Å²) in [6.45, 7) is 3.75. The Hall–Kier alpha value is -0.160. The number of nitrogens with zero attached hydrogens (tertiary/aromatic N) is 3. The van der Waals surface area contributed by atoms with E-state index < -0.39 is 0 Å². The highest BCUT2D eigenvalue weighted by Crippen LogP contribution is 2.15. The third kappa shape index (κ3) is 3.92. The molecule has 0 radical (unpaired) electrons. The molecule has 0 aromatic heterocycles. The topological polar surface area (TPSA) is 19.0 Å². The molecule has 0 aliphatic rings. The summed E-state index contributed by atoms with van der Waals surface area (Å²) in [6, 6.07) is 0. The molecule has 0 saturated carbocycles. The molecule has 0 aliphatic carbocycles. The van der Waals surface area contributed by atoms with Gasteiger partial charge >= 0.3 is 0 Å². The predicted octanol–water partition coefficient (Wildman–Crippen LogP) is 0.362. The van der Waals surface area contributed by atoms with Gasteiger partial charge in [0.2, 0.25) is 0 Å². The standard InChI is InChI=1S/C10H25N3O/c1-10(12(4)5,13(6)7)14-9-8-11(2)3/h8-9H2,1-7H3. The molecule has 4 heteroatoms. The van der Waals surface area contributed by atoms with Gasteiger partial charge in [-0.2, -0.15) is 0 Å². The smallest absolute Gasteiger partial charge is 0.175 e. The third-order valence-electron chi connectivity index (χ3n) is 2.57. The maximum atomic E-state index is 5.87. The summed E-state index contributed by atoms with van der Waals surface area (Å²) in [4.78, 5) is 6.26. The van der Waals surface area contributed by atoms with Gasteiger partial charge in [0.15, 0.2) is 5.85 Å². The molecule has 0 rings (SSSR count). The second-order valence-electron chi connectivity index (χ2n) is 4.37. The van der Waals surface area contributed by atoms with Gasteiger partial charge in [-0.1, -0.05) is 0 Å². The van der Waals surface area contributed by atoms with Gasteiger partial charge in [-0.3, -0.25) is 9.80 Å². The summed E-state index contributed by atoms with van der Waals surface area (Å²) in [6.07, 6.45) is 0. The van der Waals surface area contributed by atoms with E-state index in [1.54, 1.807) is 0 Å². The van der Waals surface area contributed by atoms with Crippen LogP contribution in [0.4, 0.5) is 0 Å². The fourth-order valence-electron chi connectivity index (χ4n) is 1.08. The summed E-state index contributed by atoms with van der Waals surface area (Å²) >= 11 is 0. The molecule has 0 aromatic rings. The van der Waals surface area contributed by atoms with Gasteiger partial charge in [0, 0.05) is 6.54 Å². The SMILES string of the molecule is CN(C)CCOC(C)(N(C)C)N(C)C. The van der Waals surface area contributed by atoms with Crippen LogP contribution in [0.1, 0.15) is 6.92 Å². The molecule has 0 fully saturated rings. The van der Waals surface area contributed by atoms with Crippen molar-refractivity contribution in [3.8, 4) is 0 Å².